The molecule has 0 saturated heterocycles. The Morgan fingerprint density at radius 3 is 2.52 bits per heavy atom. The highest BCUT2D eigenvalue weighted by atomic mass is 127. The van der Waals surface area contributed by atoms with Crippen LogP contribution in [-0.4, -0.2) is 12.6 Å². The standard InChI is InChI=1S/C20H25N3O.HI/c1-14-9-15(2)11-18(10-14)23-20(21)22-12-17-5-3-4-6-19(17)24-13-16-7-8-16;/h3-6,9-11,16H,7-8,12-13H2,1-2H3,(H3,21,22,23);1H. The zero-order valence-electron chi connectivity index (χ0n) is 14.8. The van der Waals surface area contributed by atoms with Gasteiger partial charge >= 0.3 is 0 Å². The van der Waals surface area contributed by atoms with Crippen molar-refractivity contribution in [2.75, 3.05) is 11.9 Å². The van der Waals surface area contributed by atoms with E-state index in [-0.39, 0.29) is 24.0 Å². The molecule has 0 aliphatic heterocycles. The fraction of sp³-hybridized carbons (Fsp3) is 0.350. The number of hydrogen-bond acceptors (Lipinski definition) is 2. The number of para-hydroxylation sites is 1. The van der Waals surface area contributed by atoms with Gasteiger partial charge < -0.3 is 15.8 Å². The lowest BCUT2D eigenvalue weighted by Gasteiger charge is -2.11. The van der Waals surface area contributed by atoms with Crippen LogP contribution >= 0.6 is 24.0 Å². The lowest BCUT2D eigenvalue weighted by atomic mass is 10.1. The minimum absolute atomic E-state index is 0. The van der Waals surface area contributed by atoms with Gasteiger partial charge in [-0.25, -0.2) is 4.99 Å². The van der Waals surface area contributed by atoms with Gasteiger partial charge in [-0.15, -0.1) is 24.0 Å². The lowest BCUT2D eigenvalue weighted by molar-refractivity contribution is 0.297. The maximum Gasteiger partial charge on any atom is 0.193 e. The Bertz CT molecular complexity index is 721. The van der Waals surface area contributed by atoms with Crippen molar-refractivity contribution >= 4 is 35.6 Å². The van der Waals surface area contributed by atoms with Crippen LogP contribution in [-0.2, 0) is 6.54 Å². The molecule has 4 nitrogen and oxygen atoms in total. The number of halogens is 1. The normalized spacial score (nSPS) is 13.9. The number of hydrogen-bond donors (Lipinski definition) is 2. The van der Waals surface area contributed by atoms with E-state index in [1.54, 1.807) is 0 Å². The summed E-state index contributed by atoms with van der Waals surface area (Å²) < 4.78 is 5.91. The second kappa shape index (κ2) is 9.08. The lowest BCUT2D eigenvalue weighted by Crippen LogP contribution is -2.22. The number of aryl methyl sites for hydroxylation is 2. The van der Waals surface area contributed by atoms with Crippen LogP contribution in [0.2, 0.25) is 0 Å². The van der Waals surface area contributed by atoms with Gasteiger partial charge in [0.15, 0.2) is 5.96 Å². The Morgan fingerprint density at radius 2 is 1.84 bits per heavy atom. The van der Waals surface area contributed by atoms with Crippen LogP contribution in [0.5, 0.6) is 5.75 Å². The number of benzene rings is 2. The number of nitrogens with two attached hydrogens (primary N) is 1. The van der Waals surface area contributed by atoms with Crippen LogP contribution in [0.25, 0.3) is 0 Å². The third-order valence-corrected chi connectivity index (χ3v) is 4.06. The summed E-state index contributed by atoms with van der Waals surface area (Å²) in [5, 5.41) is 3.16. The minimum Gasteiger partial charge on any atom is -0.493 e. The van der Waals surface area contributed by atoms with Crippen LogP contribution in [0.3, 0.4) is 0 Å². The number of nitrogens with one attached hydrogen (secondary N) is 1. The van der Waals surface area contributed by atoms with E-state index in [0.29, 0.717) is 12.5 Å². The summed E-state index contributed by atoms with van der Waals surface area (Å²) in [6.45, 7) is 5.44. The van der Waals surface area contributed by atoms with Gasteiger partial charge in [0, 0.05) is 11.3 Å². The van der Waals surface area contributed by atoms with E-state index in [1.165, 1.54) is 24.0 Å². The predicted molar refractivity (Wildman–Crippen MR) is 115 cm³/mol. The van der Waals surface area contributed by atoms with E-state index >= 15 is 0 Å². The SMILES string of the molecule is Cc1cc(C)cc(NC(N)=NCc2ccccc2OCC2CC2)c1.I. The van der Waals surface area contributed by atoms with Crippen molar-refractivity contribution in [3.63, 3.8) is 0 Å². The molecule has 3 N–H and O–H groups in total. The van der Waals surface area contributed by atoms with Crippen molar-refractivity contribution in [3.8, 4) is 5.75 Å². The van der Waals surface area contributed by atoms with Crippen molar-refractivity contribution < 1.29 is 4.74 Å². The van der Waals surface area contributed by atoms with E-state index in [0.717, 1.165) is 29.5 Å². The zero-order valence-corrected chi connectivity index (χ0v) is 17.1. The Hall–Kier alpha value is -1.76. The summed E-state index contributed by atoms with van der Waals surface area (Å²) in [4.78, 5) is 4.46. The molecule has 25 heavy (non-hydrogen) atoms. The van der Waals surface area contributed by atoms with E-state index in [4.69, 9.17) is 10.5 Å². The molecule has 1 aliphatic rings. The first-order chi connectivity index (χ1) is 11.6. The first kappa shape index (κ1) is 19.6. The third kappa shape index (κ3) is 6.23. The number of rotatable bonds is 6. The molecule has 5 heteroatoms. The van der Waals surface area contributed by atoms with Crippen LogP contribution in [0.4, 0.5) is 5.69 Å². The summed E-state index contributed by atoms with van der Waals surface area (Å²) in [6.07, 6.45) is 2.57. The number of aliphatic imine (C=N–C) groups is 1. The van der Waals surface area contributed by atoms with Crippen LogP contribution < -0.4 is 15.8 Å². The highest BCUT2D eigenvalue weighted by Crippen LogP contribution is 2.30. The van der Waals surface area contributed by atoms with Crippen molar-refractivity contribution in [2.24, 2.45) is 16.6 Å². The number of ether oxygens (including phenoxy) is 1. The molecule has 0 unspecified atom stereocenters. The second-order valence-electron chi connectivity index (χ2n) is 6.56. The second-order valence-corrected chi connectivity index (χ2v) is 6.56. The van der Waals surface area contributed by atoms with Gasteiger partial charge in [0.1, 0.15) is 5.75 Å². The average Bonchev–Trinajstić information content (AvgIpc) is 3.35. The first-order valence-electron chi connectivity index (χ1n) is 8.46. The van der Waals surface area contributed by atoms with Crippen molar-refractivity contribution in [3.05, 3.63) is 59.2 Å². The van der Waals surface area contributed by atoms with Gasteiger partial charge in [0.2, 0.25) is 0 Å². The maximum absolute atomic E-state index is 6.03. The molecule has 0 spiro atoms. The monoisotopic (exact) mass is 451 g/mol. The van der Waals surface area contributed by atoms with Crippen molar-refractivity contribution in [2.45, 2.75) is 33.2 Å². The number of anilines is 1. The highest BCUT2D eigenvalue weighted by Gasteiger charge is 2.22. The van der Waals surface area contributed by atoms with Crippen LogP contribution in [0.1, 0.15) is 29.5 Å². The van der Waals surface area contributed by atoms with Crippen molar-refractivity contribution in [1.82, 2.24) is 0 Å². The molecular weight excluding hydrogens is 425 g/mol. The summed E-state index contributed by atoms with van der Waals surface area (Å²) in [6, 6.07) is 14.3. The third-order valence-electron chi connectivity index (χ3n) is 4.06. The number of guanidine groups is 1. The quantitative estimate of drug-likeness (QED) is 0.382. The molecular formula is C20H26IN3O. The topological polar surface area (TPSA) is 59.6 Å². The fourth-order valence-corrected chi connectivity index (χ4v) is 2.67. The van der Waals surface area contributed by atoms with Gasteiger partial charge in [-0.2, -0.15) is 0 Å². The fourth-order valence-electron chi connectivity index (χ4n) is 2.67. The summed E-state index contributed by atoms with van der Waals surface area (Å²) >= 11 is 0. The Morgan fingerprint density at radius 1 is 1.16 bits per heavy atom. The Balaban J connectivity index is 0.00000225. The summed E-state index contributed by atoms with van der Waals surface area (Å²) in [5.74, 6) is 2.06. The number of nitrogens with zero attached hydrogens (tertiary/aromatic N) is 1. The van der Waals surface area contributed by atoms with Gasteiger partial charge in [0.05, 0.1) is 13.2 Å². The maximum atomic E-state index is 6.03. The molecule has 1 aliphatic carbocycles. The molecule has 0 radical (unpaired) electrons. The van der Waals surface area contributed by atoms with Gasteiger partial charge in [0.25, 0.3) is 0 Å². The molecule has 0 atom stereocenters. The molecule has 3 rings (SSSR count). The molecule has 0 heterocycles. The van der Waals surface area contributed by atoms with E-state index < -0.39 is 0 Å². The van der Waals surface area contributed by atoms with Crippen molar-refractivity contribution in [1.29, 1.82) is 0 Å². The smallest absolute Gasteiger partial charge is 0.193 e. The first-order valence-corrected chi connectivity index (χ1v) is 8.46. The predicted octanol–water partition coefficient (Wildman–Crippen LogP) is 4.64. The van der Waals surface area contributed by atoms with Gasteiger partial charge in [-0.05, 0) is 61.9 Å². The van der Waals surface area contributed by atoms with E-state index in [2.05, 4.69) is 42.4 Å². The van der Waals surface area contributed by atoms with Crippen LogP contribution in [0, 0.1) is 19.8 Å². The zero-order chi connectivity index (χ0) is 16.9. The molecule has 1 fully saturated rings. The molecule has 0 amide bonds. The molecule has 134 valence electrons. The van der Waals surface area contributed by atoms with Crippen LogP contribution in [0.15, 0.2) is 47.5 Å². The molecule has 0 aromatic heterocycles. The highest BCUT2D eigenvalue weighted by molar-refractivity contribution is 14.0. The Kier molecular flexibility index (Phi) is 7.11. The van der Waals surface area contributed by atoms with Gasteiger partial charge in [-0.3, -0.25) is 0 Å². The Labute approximate surface area is 166 Å². The molecule has 0 bridgehead atoms. The summed E-state index contributed by atoms with van der Waals surface area (Å²) in [5.41, 5.74) is 10.5. The summed E-state index contributed by atoms with van der Waals surface area (Å²) in [7, 11) is 0. The minimum atomic E-state index is 0. The average molecular weight is 451 g/mol. The largest absolute Gasteiger partial charge is 0.493 e. The van der Waals surface area contributed by atoms with E-state index in [1.807, 2.05) is 24.3 Å². The molecule has 2 aromatic carbocycles. The molecule has 1 saturated carbocycles. The molecule has 2 aromatic rings. The van der Waals surface area contributed by atoms with E-state index in [9.17, 15) is 0 Å². The van der Waals surface area contributed by atoms with Gasteiger partial charge in [-0.1, -0.05) is 24.3 Å².